The van der Waals surface area contributed by atoms with Gasteiger partial charge in [-0.3, -0.25) is 4.79 Å². The number of carbonyl (C=O) groups excluding carboxylic acids is 1. The fourth-order valence-electron chi connectivity index (χ4n) is 2.71. The third kappa shape index (κ3) is 3.59. The Morgan fingerprint density at radius 2 is 2.22 bits per heavy atom. The monoisotopic (exact) mass is 315 g/mol. The molecule has 1 aliphatic rings. The SMILES string of the molecule is CC1(C)CN(CC(=O)NCc2ccco2)c2cc(N)ccc2O1. The number of hydrogen-bond donors (Lipinski definition) is 2. The van der Waals surface area contributed by atoms with Crippen molar-refractivity contribution >= 4 is 17.3 Å². The lowest BCUT2D eigenvalue weighted by Gasteiger charge is -2.40. The van der Waals surface area contributed by atoms with Crippen molar-refractivity contribution < 1.29 is 13.9 Å². The zero-order valence-electron chi connectivity index (χ0n) is 13.3. The van der Waals surface area contributed by atoms with Gasteiger partial charge in [0, 0.05) is 5.69 Å². The number of carbonyl (C=O) groups is 1. The van der Waals surface area contributed by atoms with Gasteiger partial charge in [-0.25, -0.2) is 0 Å². The van der Waals surface area contributed by atoms with Gasteiger partial charge in [0.05, 0.1) is 31.6 Å². The van der Waals surface area contributed by atoms with Crippen LogP contribution in [-0.2, 0) is 11.3 Å². The smallest absolute Gasteiger partial charge is 0.239 e. The standard InChI is InChI=1S/C17H21N3O3/c1-17(2)11-20(14-8-12(18)5-6-15(14)23-17)10-16(21)19-9-13-4-3-7-22-13/h3-8H,9-11,18H2,1-2H3,(H,19,21). The van der Waals surface area contributed by atoms with Crippen LogP contribution in [0.15, 0.2) is 41.0 Å². The van der Waals surface area contributed by atoms with Crippen molar-refractivity contribution in [2.24, 2.45) is 0 Å². The summed E-state index contributed by atoms with van der Waals surface area (Å²) >= 11 is 0. The Labute approximate surface area is 135 Å². The zero-order valence-corrected chi connectivity index (χ0v) is 13.3. The molecule has 3 N–H and O–H groups in total. The number of amides is 1. The molecule has 1 aromatic heterocycles. The number of rotatable bonds is 4. The minimum Gasteiger partial charge on any atom is -0.484 e. The lowest BCUT2D eigenvalue weighted by molar-refractivity contribution is -0.120. The molecule has 0 radical (unpaired) electrons. The Morgan fingerprint density at radius 1 is 1.39 bits per heavy atom. The zero-order chi connectivity index (χ0) is 16.4. The first-order chi connectivity index (χ1) is 10.9. The van der Waals surface area contributed by atoms with E-state index in [1.54, 1.807) is 18.4 Å². The molecule has 2 aromatic rings. The molecule has 0 bridgehead atoms. The maximum absolute atomic E-state index is 12.2. The van der Waals surface area contributed by atoms with E-state index in [9.17, 15) is 4.79 Å². The van der Waals surface area contributed by atoms with Crippen LogP contribution in [-0.4, -0.2) is 24.6 Å². The van der Waals surface area contributed by atoms with Gasteiger partial charge in [-0.1, -0.05) is 0 Å². The second-order valence-corrected chi connectivity index (χ2v) is 6.30. The first kappa shape index (κ1) is 15.3. The molecule has 1 aromatic carbocycles. The van der Waals surface area contributed by atoms with Gasteiger partial charge in [0.1, 0.15) is 17.1 Å². The Kier molecular flexibility index (Phi) is 3.90. The summed E-state index contributed by atoms with van der Waals surface area (Å²) in [6.45, 7) is 5.23. The Morgan fingerprint density at radius 3 is 2.96 bits per heavy atom. The van der Waals surface area contributed by atoms with Crippen LogP contribution in [0, 0.1) is 0 Å². The van der Waals surface area contributed by atoms with Gasteiger partial charge in [0.15, 0.2) is 0 Å². The second-order valence-electron chi connectivity index (χ2n) is 6.30. The molecular weight excluding hydrogens is 294 g/mol. The van der Waals surface area contributed by atoms with E-state index in [1.165, 1.54) is 0 Å². The van der Waals surface area contributed by atoms with E-state index < -0.39 is 0 Å². The number of nitrogens with one attached hydrogen (secondary N) is 1. The van der Waals surface area contributed by atoms with Crippen molar-refractivity contribution in [1.29, 1.82) is 0 Å². The maximum atomic E-state index is 12.2. The van der Waals surface area contributed by atoms with Crippen LogP contribution in [0.25, 0.3) is 0 Å². The molecule has 6 heteroatoms. The molecule has 0 unspecified atom stereocenters. The number of nitrogens with two attached hydrogens (primary N) is 1. The number of hydrogen-bond acceptors (Lipinski definition) is 5. The molecule has 2 heterocycles. The molecular formula is C17H21N3O3. The van der Waals surface area contributed by atoms with Gasteiger partial charge in [-0.2, -0.15) is 0 Å². The van der Waals surface area contributed by atoms with Crippen molar-refractivity contribution in [1.82, 2.24) is 5.32 Å². The summed E-state index contributed by atoms with van der Waals surface area (Å²) < 4.78 is 11.2. The summed E-state index contributed by atoms with van der Waals surface area (Å²) in [5.74, 6) is 1.40. The van der Waals surface area contributed by atoms with Crippen LogP contribution in [0.3, 0.4) is 0 Å². The molecule has 0 fully saturated rings. The van der Waals surface area contributed by atoms with E-state index in [0.717, 1.165) is 17.2 Å². The van der Waals surface area contributed by atoms with Crippen LogP contribution in [0.4, 0.5) is 11.4 Å². The number of furan rings is 1. The average Bonchev–Trinajstić information content (AvgIpc) is 2.98. The highest BCUT2D eigenvalue weighted by molar-refractivity contribution is 5.82. The number of ether oxygens (including phenoxy) is 1. The van der Waals surface area contributed by atoms with E-state index in [2.05, 4.69) is 5.32 Å². The molecule has 0 atom stereocenters. The van der Waals surface area contributed by atoms with Crippen molar-refractivity contribution in [3.63, 3.8) is 0 Å². The minimum atomic E-state index is -0.371. The molecule has 0 saturated carbocycles. The minimum absolute atomic E-state index is 0.0764. The Hall–Kier alpha value is -2.63. The van der Waals surface area contributed by atoms with Crippen molar-refractivity contribution in [3.05, 3.63) is 42.4 Å². The summed E-state index contributed by atoms with van der Waals surface area (Å²) in [5, 5.41) is 2.86. The number of anilines is 2. The van der Waals surface area contributed by atoms with E-state index >= 15 is 0 Å². The lowest BCUT2D eigenvalue weighted by atomic mass is 10.0. The maximum Gasteiger partial charge on any atom is 0.239 e. The van der Waals surface area contributed by atoms with Gasteiger partial charge in [-0.15, -0.1) is 0 Å². The van der Waals surface area contributed by atoms with E-state index in [1.807, 2.05) is 36.9 Å². The predicted octanol–water partition coefficient (Wildman–Crippen LogP) is 2.16. The summed E-state index contributed by atoms with van der Waals surface area (Å²) in [6, 6.07) is 9.11. The van der Waals surface area contributed by atoms with Crippen molar-refractivity contribution in [2.75, 3.05) is 23.7 Å². The van der Waals surface area contributed by atoms with Gasteiger partial charge in [0.2, 0.25) is 5.91 Å². The normalized spacial score (nSPS) is 15.7. The van der Waals surface area contributed by atoms with Crippen LogP contribution < -0.4 is 20.7 Å². The number of fused-ring (bicyclic) bond motifs is 1. The summed E-state index contributed by atoms with van der Waals surface area (Å²) in [4.78, 5) is 14.2. The van der Waals surface area contributed by atoms with Gasteiger partial charge in [-0.05, 0) is 44.2 Å². The molecule has 23 heavy (non-hydrogen) atoms. The largest absolute Gasteiger partial charge is 0.484 e. The molecule has 6 nitrogen and oxygen atoms in total. The summed E-state index contributed by atoms with van der Waals surface area (Å²) in [6.07, 6.45) is 1.59. The Bertz CT molecular complexity index is 695. The first-order valence-electron chi connectivity index (χ1n) is 7.55. The molecule has 0 spiro atoms. The Balaban J connectivity index is 1.71. The molecule has 3 rings (SSSR count). The molecule has 122 valence electrons. The van der Waals surface area contributed by atoms with Crippen LogP contribution in [0.1, 0.15) is 19.6 Å². The van der Waals surface area contributed by atoms with Gasteiger partial charge < -0.3 is 25.1 Å². The topological polar surface area (TPSA) is 80.7 Å². The molecule has 0 aliphatic carbocycles. The summed E-state index contributed by atoms with van der Waals surface area (Å²) in [7, 11) is 0. The van der Waals surface area contributed by atoms with Crippen LogP contribution in [0.5, 0.6) is 5.75 Å². The highest BCUT2D eigenvalue weighted by Crippen LogP contribution is 2.37. The fraction of sp³-hybridized carbons (Fsp3) is 0.353. The van der Waals surface area contributed by atoms with Crippen molar-refractivity contribution in [2.45, 2.75) is 26.0 Å². The number of nitrogen functional groups attached to an aromatic ring is 1. The first-order valence-corrected chi connectivity index (χ1v) is 7.55. The number of nitrogens with zero attached hydrogens (tertiary/aromatic N) is 1. The highest BCUT2D eigenvalue weighted by atomic mass is 16.5. The van der Waals surface area contributed by atoms with E-state index in [4.69, 9.17) is 14.9 Å². The predicted molar refractivity (Wildman–Crippen MR) is 88.3 cm³/mol. The van der Waals surface area contributed by atoms with Gasteiger partial charge >= 0.3 is 0 Å². The average molecular weight is 315 g/mol. The van der Waals surface area contributed by atoms with E-state index in [-0.39, 0.29) is 18.1 Å². The van der Waals surface area contributed by atoms with Crippen LogP contribution >= 0.6 is 0 Å². The summed E-state index contributed by atoms with van der Waals surface area (Å²) in [5.41, 5.74) is 6.99. The third-order valence-corrected chi connectivity index (χ3v) is 3.66. The van der Waals surface area contributed by atoms with E-state index in [0.29, 0.717) is 18.8 Å². The number of benzene rings is 1. The quantitative estimate of drug-likeness (QED) is 0.845. The molecule has 1 aliphatic heterocycles. The molecule has 1 amide bonds. The molecule has 0 saturated heterocycles. The second kappa shape index (κ2) is 5.87. The highest BCUT2D eigenvalue weighted by Gasteiger charge is 2.32. The fourth-order valence-corrected chi connectivity index (χ4v) is 2.71. The lowest BCUT2D eigenvalue weighted by Crippen LogP contribution is -2.50. The van der Waals surface area contributed by atoms with Crippen molar-refractivity contribution in [3.8, 4) is 5.75 Å². The van der Waals surface area contributed by atoms with Crippen LogP contribution in [0.2, 0.25) is 0 Å². The van der Waals surface area contributed by atoms with Gasteiger partial charge in [0.25, 0.3) is 0 Å². The third-order valence-electron chi connectivity index (χ3n) is 3.66.